The molecule has 178 valence electrons. The summed E-state index contributed by atoms with van der Waals surface area (Å²) in [5, 5.41) is 8.95. The zero-order valence-electron chi connectivity index (χ0n) is 19.7. The van der Waals surface area contributed by atoms with Crippen molar-refractivity contribution in [3.63, 3.8) is 0 Å². The van der Waals surface area contributed by atoms with Gasteiger partial charge < -0.3 is 9.30 Å². The third-order valence-corrected chi connectivity index (χ3v) is 7.40. The number of aryl methyl sites for hydroxylation is 3. The van der Waals surface area contributed by atoms with Crippen molar-refractivity contribution in [1.29, 1.82) is 5.41 Å². The fourth-order valence-corrected chi connectivity index (χ4v) is 5.21. The Bertz CT molecular complexity index is 1600. The minimum Gasteiger partial charge on any atom is -0.379 e. The number of fused-ring (bicyclic) bond motifs is 2. The van der Waals surface area contributed by atoms with Crippen LogP contribution in [0.15, 0.2) is 63.2 Å². The van der Waals surface area contributed by atoms with E-state index in [-0.39, 0.29) is 44.5 Å². The van der Waals surface area contributed by atoms with E-state index in [0.717, 1.165) is 11.1 Å². The molecule has 0 amide bonds. The van der Waals surface area contributed by atoms with Gasteiger partial charge in [0.2, 0.25) is 9.84 Å². The van der Waals surface area contributed by atoms with Crippen LogP contribution >= 0.6 is 0 Å². The molecule has 3 heterocycles. The molecule has 34 heavy (non-hydrogen) atoms. The first-order chi connectivity index (χ1) is 16.1. The molecule has 0 radical (unpaired) electrons. The minimum atomic E-state index is -4.04. The van der Waals surface area contributed by atoms with Crippen molar-refractivity contribution in [2.75, 3.05) is 6.61 Å². The molecule has 8 nitrogen and oxygen atoms in total. The average Bonchev–Trinajstić information content (AvgIpc) is 2.78. The van der Waals surface area contributed by atoms with Gasteiger partial charge in [-0.3, -0.25) is 14.6 Å². The lowest BCUT2D eigenvalue weighted by molar-refractivity contribution is 0.0748. The molecule has 0 aliphatic carbocycles. The van der Waals surface area contributed by atoms with Gasteiger partial charge in [0.25, 0.3) is 5.56 Å². The lowest BCUT2D eigenvalue weighted by Gasteiger charge is -2.16. The predicted octanol–water partition coefficient (Wildman–Crippen LogP) is 3.39. The van der Waals surface area contributed by atoms with Crippen molar-refractivity contribution in [2.45, 2.75) is 56.6 Å². The highest BCUT2D eigenvalue weighted by molar-refractivity contribution is 7.91. The van der Waals surface area contributed by atoms with Gasteiger partial charge >= 0.3 is 0 Å². The molecule has 9 heteroatoms. The van der Waals surface area contributed by atoms with E-state index < -0.39 is 9.84 Å². The molecule has 0 unspecified atom stereocenters. The van der Waals surface area contributed by atoms with Crippen LogP contribution in [0.4, 0.5) is 0 Å². The third-order valence-electron chi connectivity index (χ3n) is 5.62. The Kier molecular flexibility index (Phi) is 6.42. The minimum absolute atomic E-state index is 0.0559. The topological polar surface area (TPSA) is 107 Å². The van der Waals surface area contributed by atoms with Crippen molar-refractivity contribution in [2.24, 2.45) is 0 Å². The fraction of sp³-hybridized carbons (Fsp3) is 0.320. The highest BCUT2D eigenvalue weighted by atomic mass is 32.2. The fourth-order valence-electron chi connectivity index (χ4n) is 3.83. The SMILES string of the molecule is Cc1ccc(S(=O)(=O)c2cc3c(=O)n4cc(C)ccc4nc3n(CCCOC(C)C)c2=N)cc1. The average molecular weight is 481 g/mol. The summed E-state index contributed by atoms with van der Waals surface area (Å²) in [6.07, 6.45) is 2.26. The van der Waals surface area contributed by atoms with Crippen molar-refractivity contribution in [1.82, 2.24) is 14.0 Å². The van der Waals surface area contributed by atoms with Crippen LogP contribution in [0.25, 0.3) is 16.7 Å². The maximum atomic E-state index is 13.5. The largest absolute Gasteiger partial charge is 0.379 e. The Morgan fingerprint density at radius 2 is 1.74 bits per heavy atom. The molecule has 0 saturated heterocycles. The number of aromatic nitrogens is 3. The van der Waals surface area contributed by atoms with E-state index in [1.54, 1.807) is 24.4 Å². The molecule has 1 N–H and O–H groups in total. The summed E-state index contributed by atoms with van der Waals surface area (Å²) in [5.74, 6) is 0. The monoisotopic (exact) mass is 480 g/mol. The molecule has 0 fully saturated rings. The molecule has 0 atom stereocenters. The van der Waals surface area contributed by atoms with E-state index >= 15 is 0 Å². The number of sulfone groups is 1. The highest BCUT2D eigenvalue weighted by Crippen LogP contribution is 2.21. The van der Waals surface area contributed by atoms with Crippen LogP contribution in [0, 0.1) is 19.3 Å². The Morgan fingerprint density at radius 1 is 1.06 bits per heavy atom. The third kappa shape index (κ3) is 4.41. The molecule has 0 bridgehead atoms. The highest BCUT2D eigenvalue weighted by Gasteiger charge is 2.24. The smallest absolute Gasteiger partial charge is 0.267 e. The van der Waals surface area contributed by atoms with Crippen molar-refractivity contribution >= 4 is 26.5 Å². The summed E-state index contributed by atoms with van der Waals surface area (Å²) in [4.78, 5) is 17.9. The Labute approximate surface area is 197 Å². The molecule has 4 rings (SSSR count). The van der Waals surface area contributed by atoms with Gasteiger partial charge in [-0.15, -0.1) is 0 Å². The number of ether oxygens (including phenoxy) is 1. The van der Waals surface area contributed by atoms with E-state index in [1.165, 1.54) is 27.2 Å². The van der Waals surface area contributed by atoms with Gasteiger partial charge in [-0.05, 0) is 63.9 Å². The van der Waals surface area contributed by atoms with Crippen LogP contribution in [-0.2, 0) is 21.1 Å². The van der Waals surface area contributed by atoms with Crippen LogP contribution in [0.5, 0.6) is 0 Å². The lowest BCUT2D eigenvalue weighted by atomic mass is 10.2. The van der Waals surface area contributed by atoms with Crippen LogP contribution in [0.2, 0.25) is 0 Å². The Hall–Kier alpha value is -3.30. The van der Waals surface area contributed by atoms with Gasteiger partial charge in [0.1, 0.15) is 21.7 Å². The standard InChI is InChI=1S/C25H28N4O4S/c1-16(2)33-13-5-12-28-23(26)21(34(31,32)19-9-6-17(3)7-10-19)14-20-24(28)27-22-11-8-18(4)15-29(22)25(20)30/h6-11,14-16,26H,5,12-13H2,1-4H3. The normalized spacial score (nSPS) is 12.1. The number of rotatable bonds is 7. The van der Waals surface area contributed by atoms with Gasteiger partial charge in [-0.1, -0.05) is 23.8 Å². The van der Waals surface area contributed by atoms with E-state index in [0.29, 0.717) is 18.7 Å². The second-order valence-corrected chi connectivity index (χ2v) is 10.6. The molecule has 3 aromatic heterocycles. The summed E-state index contributed by atoms with van der Waals surface area (Å²) < 4.78 is 35.6. The van der Waals surface area contributed by atoms with Crippen LogP contribution in [0.1, 0.15) is 31.4 Å². The van der Waals surface area contributed by atoms with Crippen LogP contribution in [-0.4, -0.2) is 35.1 Å². The zero-order chi connectivity index (χ0) is 24.6. The molecular weight excluding hydrogens is 452 g/mol. The summed E-state index contributed by atoms with van der Waals surface area (Å²) in [6, 6.07) is 11.3. The van der Waals surface area contributed by atoms with Gasteiger partial charge in [0.15, 0.2) is 0 Å². The van der Waals surface area contributed by atoms with Gasteiger partial charge in [-0.25, -0.2) is 13.4 Å². The second kappa shape index (κ2) is 9.15. The van der Waals surface area contributed by atoms with Crippen LogP contribution in [0.3, 0.4) is 0 Å². The maximum Gasteiger partial charge on any atom is 0.267 e. The quantitative estimate of drug-likeness (QED) is 0.322. The van der Waals surface area contributed by atoms with Gasteiger partial charge in [0, 0.05) is 19.3 Å². The van der Waals surface area contributed by atoms with E-state index in [9.17, 15) is 13.2 Å². The number of nitrogens with zero attached hydrogens (tertiary/aromatic N) is 3. The summed E-state index contributed by atoms with van der Waals surface area (Å²) in [6.45, 7) is 8.33. The molecule has 0 aliphatic rings. The van der Waals surface area contributed by atoms with Gasteiger partial charge in [-0.2, -0.15) is 0 Å². The first-order valence-corrected chi connectivity index (χ1v) is 12.6. The lowest BCUT2D eigenvalue weighted by Crippen LogP contribution is -2.30. The Morgan fingerprint density at radius 3 is 2.41 bits per heavy atom. The molecular formula is C25H28N4O4S. The molecule has 0 aliphatic heterocycles. The van der Waals surface area contributed by atoms with E-state index in [2.05, 4.69) is 4.98 Å². The van der Waals surface area contributed by atoms with Crippen LogP contribution < -0.4 is 11.0 Å². The van der Waals surface area contributed by atoms with E-state index in [1.807, 2.05) is 33.8 Å². The molecule has 0 saturated carbocycles. The predicted molar refractivity (Wildman–Crippen MR) is 130 cm³/mol. The molecule has 4 aromatic rings. The number of hydrogen-bond acceptors (Lipinski definition) is 6. The first kappa shape index (κ1) is 23.8. The van der Waals surface area contributed by atoms with Gasteiger partial charge in [0.05, 0.1) is 16.4 Å². The first-order valence-electron chi connectivity index (χ1n) is 11.1. The number of pyridine rings is 2. The summed E-state index contributed by atoms with van der Waals surface area (Å²) in [7, 11) is -4.04. The van der Waals surface area contributed by atoms with Crippen molar-refractivity contribution in [3.05, 3.63) is 75.6 Å². The zero-order valence-corrected chi connectivity index (χ0v) is 20.5. The maximum absolute atomic E-state index is 13.5. The van der Waals surface area contributed by atoms with Crippen molar-refractivity contribution < 1.29 is 13.2 Å². The van der Waals surface area contributed by atoms with E-state index in [4.69, 9.17) is 10.1 Å². The Balaban J connectivity index is 1.99. The molecule has 1 aromatic carbocycles. The number of benzene rings is 1. The second-order valence-electron chi connectivity index (χ2n) is 8.69. The summed E-state index contributed by atoms with van der Waals surface area (Å²) in [5.41, 5.74) is 1.93. The summed E-state index contributed by atoms with van der Waals surface area (Å²) >= 11 is 0. The molecule has 0 spiro atoms. The van der Waals surface area contributed by atoms with Crippen molar-refractivity contribution in [3.8, 4) is 0 Å². The number of nitrogens with one attached hydrogen (secondary N) is 1. The number of hydrogen-bond donors (Lipinski definition) is 1.